The number of carboxylic acid groups (broad SMARTS) is 1. The maximum atomic E-state index is 11.7. The molecule has 2 heterocycles. The number of carbonyl (C=O) groups excluding carboxylic acids is 1. The quantitative estimate of drug-likeness (QED) is 0.881. The van der Waals surface area contributed by atoms with Crippen LogP contribution in [0.3, 0.4) is 0 Å². The minimum atomic E-state index is -0.904. The molecule has 1 aliphatic heterocycles. The van der Waals surface area contributed by atoms with Gasteiger partial charge in [-0.25, -0.2) is 9.78 Å². The number of primary amides is 1. The second-order valence-electron chi connectivity index (χ2n) is 6.21. The highest BCUT2D eigenvalue weighted by molar-refractivity contribution is 5.98. The second kappa shape index (κ2) is 5.35. The lowest BCUT2D eigenvalue weighted by atomic mass is 9.76. The number of hydrogen-bond donors (Lipinski definition) is 2. The van der Waals surface area contributed by atoms with Crippen LogP contribution in [-0.4, -0.2) is 34.6 Å². The van der Waals surface area contributed by atoms with Crippen molar-refractivity contribution in [2.45, 2.75) is 39.7 Å². The maximum Gasteiger partial charge on any atom is 0.326 e. The Hall–Kier alpha value is -2.11. The van der Waals surface area contributed by atoms with Crippen LogP contribution in [0.5, 0.6) is 0 Å². The number of nitrogens with two attached hydrogens (primary N) is 1. The highest BCUT2D eigenvalue weighted by atomic mass is 16.4. The molecule has 6 nitrogen and oxygen atoms in total. The average Bonchev–Trinajstić information content (AvgIpc) is 2.36. The fraction of sp³-hybridized carbons (Fsp3) is 0.533. The number of aliphatic carboxylic acids is 1. The summed E-state index contributed by atoms with van der Waals surface area (Å²) in [4.78, 5) is 29.4. The number of pyridine rings is 1. The van der Waals surface area contributed by atoms with Gasteiger partial charge >= 0.3 is 5.97 Å². The van der Waals surface area contributed by atoms with Gasteiger partial charge in [0.25, 0.3) is 5.91 Å². The third-order valence-corrected chi connectivity index (χ3v) is 4.06. The van der Waals surface area contributed by atoms with Gasteiger partial charge in [-0.3, -0.25) is 4.79 Å². The molecule has 6 heteroatoms. The van der Waals surface area contributed by atoms with E-state index in [-0.39, 0.29) is 5.56 Å². The van der Waals surface area contributed by atoms with E-state index in [2.05, 4.69) is 4.98 Å². The average molecular weight is 291 g/mol. The number of anilines is 1. The Morgan fingerprint density at radius 2 is 2.10 bits per heavy atom. The Labute approximate surface area is 124 Å². The highest BCUT2D eigenvalue weighted by Gasteiger charge is 2.43. The van der Waals surface area contributed by atoms with Crippen LogP contribution in [0.25, 0.3) is 0 Å². The van der Waals surface area contributed by atoms with Crippen molar-refractivity contribution in [3.63, 3.8) is 0 Å². The lowest BCUT2D eigenvalue weighted by Gasteiger charge is -2.45. The number of carboxylic acids is 1. The summed E-state index contributed by atoms with van der Waals surface area (Å²) in [6, 6.07) is 2.59. The van der Waals surface area contributed by atoms with E-state index in [0.29, 0.717) is 12.4 Å². The van der Waals surface area contributed by atoms with Gasteiger partial charge in [-0.05, 0) is 37.3 Å². The van der Waals surface area contributed by atoms with E-state index < -0.39 is 23.3 Å². The smallest absolute Gasteiger partial charge is 0.326 e. The van der Waals surface area contributed by atoms with Gasteiger partial charge < -0.3 is 15.7 Å². The number of amides is 1. The third-order valence-electron chi connectivity index (χ3n) is 4.06. The lowest BCUT2D eigenvalue weighted by Crippen LogP contribution is -2.55. The maximum absolute atomic E-state index is 11.7. The zero-order valence-electron chi connectivity index (χ0n) is 12.6. The Bertz CT molecular complexity index is 584. The van der Waals surface area contributed by atoms with Crippen LogP contribution in [0, 0.1) is 12.3 Å². The van der Waals surface area contributed by atoms with Crippen molar-refractivity contribution in [3.8, 4) is 0 Å². The van der Waals surface area contributed by atoms with E-state index in [4.69, 9.17) is 5.73 Å². The summed E-state index contributed by atoms with van der Waals surface area (Å²) < 4.78 is 0. The van der Waals surface area contributed by atoms with Crippen molar-refractivity contribution in [2.75, 3.05) is 11.4 Å². The monoisotopic (exact) mass is 291 g/mol. The second-order valence-corrected chi connectivity index (χ2v) is 6.21. The van der Waals surface area contributed by atoms with Crippen LogP contribution < -0.4 is 10.6 Å². The summed E-state index contributed by atoms with van der Waals surface area (Å²) in [5.74, 6) is -1.12. The molecule has 0 aromatic carbocycles. The summed E-state index contributed by atoms with van der Waals surface area (Å²) in [6.07, 6.45) is 1.67. The van der Waals surface area contributed by atoms with Crippen molar-refractivity contribution in [3.05, 3.63) is 23.4 Å². The Kier molecular flexibility index (Phi) is 3.89. The predicted molar refractivity (Wildman–Crippen MR) is 79.3 cm³/mol. The first-order chi connectivity index (χ1) is 9.74. The molecule has 3 N–H and O–H groups in total. The lowest BCUT2D eigenvalue weighted by molar-refractivity contribution is -0.142. The van der Waals surface area contributed by atoms with Crippen LogP contribution >= 0.6 is 0 Å². The zero-order valence-corrected chi connectivity index (χ0v) is 12.6. The van der Waals surface area contributed by atoms with Crippen molar-refractivity contribution in [1.82, 2.24) is 4.98 Å². The summed E-state index contributed by atoms with van der Waals surface area (Å²) in [6.45, 7) is 6.21. The summed E-state index contributed by atoms with van der Waals surface area (Å²) >= 11 is 0. The normalized spacial score (nSPS) is 21.1. The van der Waals surface area contributed by atoms with E-state index in [9.17, 15) is 14.7 Å². The first-order valence-corrected chi connectivity index (χ1v) is 7.01. The Morgan fingerprint density at radius 1 is 1.43 bits per heavy atom. The molecule has 0 bridgehead atoms. The topological polar surface area (TPSA) is 96.5 Å². The van der Waals surface area contributed by atoms with Gasteiger partial charge in [-0.15, -0.1) is 0 Å². The molecule has 0 spiro atoms. The van der Waals surface area contributed by atoms with Crippen LogP contribution in [0.2, 0.25) is 0 Å². The van der Waals surface area contributed by atoms with E-state index in [1.54, 1.807) is 24.0 Å². The number of aryl methyl sites for hydroxylation is 1. The highest BCUT2D eigenvalue weighted by Crippen LogP contribution is 2.38. The third kappa shape index (κ3) is 2.84. The number of hydrogen-bond acceptors (Lipinski definition) is 4. The first kappa shape index (κ1) is 15.3. The molecule has 2 rings (SSSR count). The number of rotatable bonds is 3. The molecule has 21 heavy (non-hydrogen) atoms. The van der Waals surface area contributed by atoms with Crippen molar-refractivity contribution < 1.29 is 14.7 Å². The van der Waals surface area contributed by atoms with Gasteiger partial charge in [-0.1, -0.05) is 13.8 Å². The number of aromatic nitrogens is 1. The van der Waals surface area contributed by atoms with Gasteiger partial charge in [0.2, 0.25) is 0 Å². The predicted octanol–water partition coefficient (Wildman–Crippen LogP) is 1.57. The number of nitrogens with zero attached hydrogens (tertiary/aromatic N) is 2. The van der Waals surface area contributed by atoms with Gasteiger partial charge in [0.05, 0.1) is 5.56 Å². The molecular formula is C15H21N3O3. The molecule has 1 aromatic rings. The fourth-order valence-corrected chi connectivity index (χ4v) is 3.04. The largest absolute Gasteiger partial charge is 0.480 e. The molecular weight excluding hydrogens is 270 g/mol. The molecule has 1 aromatic heterocycles. The fourth-order valence-electron chi connectivity index (χ4n) is 3.04. The minimum absolute atomic E-state index is 0.268. The minimum Gasteiger partial charge on any atom is -0.480 e. The molecule has 1 atom stereocenters. The molecule has 114 valence electrons. The zero-order chi connectivity index (χ0) is 15.8. The van der Waals surface area contributed by atoms with Crippen LogP contribution in [0.15, 0.2) is 12.1 Å². The Balaban J connectivity index is 2.55. The van der Waals surface area contributed by atoms with Gasteiger partial charge in [-0.2, -0.15) is 0 Å². The van der Waals surface area contributed by atoms with E-state index in [1.165, 1.54) is 0 Å². The van der Waals surface area contributed by atoms with Crippen LogP contribution in [0.1, 0.15) is 42.7 Å². The van der Waals surface area contributed by atoms with Crippen molar-refractivity contribution in [2.24, 2.45) is 11.1 Å². The van der Waals surface area contributed by atoms with Gasteiger partial charge in [0, 0.05) is 12.2 Å². The molecule has 1 aliphatic rings. The van der Waals surface area contributed by atoms with Gasteiger partial charge in [0.15, 0.2) is 0 Å². The van der Waals surface area contributed by atoms with Crippen LogP contribution in [0.4, 0.5) is 5.82 Å². The van der Waals surface area contributed by atoms with E-state index in [0.717, 1.165) is 18.5 Å². The van der Waals surface area contributed by atoms with Crippen molar-refractivity contribution in [1.29, 1.82) is 0 Å². The standard InChI is InChI=1S/C15H21N3O3/c1-9-5-6-10(12(16)19)13(17-9)18-8-4-7-15(2,3)11(18)14(20)21/h5-6,11H,4,7-8H2,1-3H3,(H2,16,19)(H,20,21). The molecule has 0 aliphatic carbocycles. The molecule has 1 unspecified atom stereocenters. The summed E-state index contributed by atoms with van der Waals surface area (Å²) in [5.41, 5.74) is 6.00. The molecule has 1 saturated heterocycles. The van der Waals surface area contributed by atoms with E-state index in [1.807, 2.05) is 13.8 Å². The SMILES string of the molecule is Cc1ccc(C(N)=O)c(N2CCCC(C)(C)C2C(=O)O)n1. The Morgan fingerprint density at radius 3 is 2.67 bits per heavy atom. The van der Waals surface area contributed by atoms with Gasteiger partial charge in [0.1, 0.15) is 11.9 Å². The summed E-state index contributed by atoms with van der Waals surface area (Å²) in [5, 5.41) is 9.62. The molecule has 1 fully saturated rings. The molecule has 0 radical (unpaired) electrons. The molecule has 0 saturated carbocycles. The van der Waals surface area contributed by atoms with E-state index >= 15 is 0 Å². The van der Waals surface area contributed by atoms with Crippen molar-refractivity contribution >= 4 is 17.7 Å². The first-order valence-electron chi connectivity index (χ1n) is 7.01. The molecule has 1 amide bonds. The number of carbonyl (C=O) groups is 2. The summed E-state index contributed by atoms with van der Waals surface area (Å²) in [7, 11) is 0. The van der Waals surface area contributed by atoms with Crippen LogP contribution in [-0.2, 0) is 4.79 Å². The number of piperidine rings is 1.